The Morgan fingerprint density at radius 3 is 2.50 bits per heavy atom. The van der Waals surface area contributed by atoms with Crippen molar-refractivity contribution >= 4 is 23.1 Å². The van der Waals surface area contributed by atoms with Crippen LogP contribution in [0.1, 0.15) is 22.7 Å². The Kier molecular flexibility index (Phi) is 6.96. The number of ketones is 1. The minimum Gasteiger partial charge on any atom is -0.507 e. The lowest BCUT2D eigenvalue weighted by Gasteiger charge is -2.28. The van der Waals surface area contributed by atoms with E-state index in [0.717, 1.165) is 17.0 Å². The van der Waals surface area contributed by atoms with Gasteiger partial charge in [-0.25, -0.2) is 0 Å². The first-order chi connectivity index (χ1) is 18.4. The van der Waals surface area contributed by atoms with Gasteiger partial charge in [-0.3, -0.25) is 9.59 Å². The molecule has 3 aromatic rings. The molecule has 1 fully saturated rings. The molecule has 8 heteroatoms. The van der Waals surface area contributed by atoms with E-state index in [4.69, 9.17) is 14.2 Å². The van der Waals surface area contributed by atoms with Gasteiger partial charge in [0.25, 0.3) is 11.7 Å². The van der Waals surface area contributed by atoms with Crippen LogP contribution in [-0.2, 0) is 16.0 Å². The average molecular weight is 515 g/mol. The number of anilines is 1. The number of Topliss-reactive ketones (excluding diaryl/α,β-unsaturated/α-hetero) is 1. The molecule has 1 saturated heterocycles. The number of carbonyl (C=O) groups excluding carboxylic acids is 2. The Balaban J connectivity index is 1.56. The van der Waals surface area contributed by atoms with Crippen molar-refractivity contribution in [3.63, 3.8) is 0 Å². The van der Waals surface area contributed by atoms with Gasteiger partial charge < -0.3 is 29.1 Å². The molecule has 38 heavy (non-hydrogen) atoms. The Hall–Kier alpha value is -4.46. The van der Waals surface area contributed by atoms with Gasteiger partial charge in [-0.15, -0.1) is 0 Å². The third-order valence-electron chi connectivity index (χ3n) is 7.08. The third kappa shape index (κ3) is 4.65. The number of nitrogens with zero attached hydrogens (tertiary/aromatic N) is 2. The molecule has 1 unspecified atom stereocenters. The fraction of sp³-hybridized carbons (Fsp3) is 0.267. The van der Waals surface area contributed by atoms with E-state index in [9.17, 15) is 14.7 Å². The number of benzene rings is 3. The molecule has 0 spiro atoms. The van der Waals surface area contributed by atoms with Gasteiger partial charge in [0.2, 0.25) is 0 Å². The molecule has 0 saturated carbocycles. The van der Waals surface area contributed by atoms with Gasteiger partial charge >= 0.3 is 0 Å². The first-order valence-electron chi connectivity index (χ1n) is 12.4. The van der Waals surface area contributed by atoms with Crippen molar-refractivity contribution in [3.05, 3.63) is 89.0 Å². The van der Waals surface area contributed by atoms with E-state index in [1.807, 2.05) is 48.3 Å². The molecule has 2 heterocycles. The number of aliphatic hydroxyl groups is 1. The third-order valence-corrected chi connectivity index (χ3v) is 7.08. The molecule has 1 amide bonds. The highest BCUT2D eigenvalue weighted by Crippen LogP contribution is 2.42. The Morgan fingerprint density at radius 1 is 1.00 bits per heavy atom. The number of likely N-dealkylation sites (N-methyl/N-ethyl adjacent to an activating group) is 1. The summed E-state index contributed by atoms with van der Waals surface area (Å²) in [5.41, 5.74) is 2.99. The lowest BCUT2D eigenvalue weighted by Crippen LogP contribution is -2.31. The summed E-state index contributed by atoms with van der Waals surface area (Å²) >= 11 is 0. The molecule has 8 nitrogen and oxygen atoms in total. The largest absolute Gasteiger partial charge is 0.507 e. The Labute approximate surface area is 221 Å². The molecule has 0 aromatic heterocycles. The highest BCUT2D eigenvalue weighted by Gasteiger charge is 2.46. The average Bonchev–Trinajstić information content (AvgIpc) is 3.21. The van der Waals surface area contributed by atoms with Crippen molar-refractivity contribution in [3.8, 4) is 17.2 Å². The van der Waals surface area contributed by atoms with Gasteiger partial charge in [-0.05, 0) is 60.0 Å². The van der Waals surface area contributed by atoms with Gasteiger partial charge in [0, 0.05) is 19.2 Å². The summed E-state index contributed by atoms with van der Waals surface area (Å²) in [4.78, 5) is 30.3. The predicted octanol–water partition coefficient (Wildman–Crippen LogP) is 4.20. The number of amides is 1. The van der Waals surface area contributed by atoms with E-state index < -0.39 is 17.7 Å². The topological polar surface area (TPSA) is 88.5 Å². The van der Waals surface area contributed by atoms with Crippen molar-refractivity contribution in [1.29, 1.82) is 0 Å². The molecule has 1 N–H and O–H groups in total. The second-order valence-corrected chi connectivity index (χ2v) is 9.32. The summed E-state index contributed by atoms with van der Waals surface area (Å²) < 4.78 is 16.4. The molecule has 0 radical (unpaired) electrons. The molecular weight excluding hydrogens is 484 g/mol. The number of fused-ring (bicyclic) bond motifs is 1. The standard InChI is InChI=1S/C30H30N2O6/c1-31-15-16-38-25-12-9-21(18-24(25)31)28(33)26-27(20-5-4-6-23(17-20)37-3)32(30(35)29(26)34)14-13-19-7-10-22(36-2)11-8-19/h4-12,17-18,27,33H,13-16H2,1-3H3/b28-26-. The molecule has 3 aromatic carbocycles. The lowest BCUT2D eigenvalue weighted by molar-refractivity contribution is -0.139. The van der Waals surface area contributed by atoms with Gasteiger partial charge in [0.1, 0.15) is 29.6 Å². The molecule has 0 bridgehead atoms. The summed E-state index contributed by atoms with van der Waals surface area (Å²) in [5.74, 6) is 0.464. The zero-order valence-corrected chi connectivity index (χ0v) is 21.6. The van der Waals surface area contributed by atoms with Crippen molar-refractivity contribution < 1.29 is 28.9 Å². The predicted molar refractivity (Wildman–Crippen MR) is 144 cm³/mol. The summed E-state index contributed by atoms with van der Waals surface area (Å²) in [6.45, 7) is 1.57. The van der Waals surface area contributed by atoms with Crippen molar-refractivity contribution in [2.45, 2.75) is 12.5 Å². The monoisotopic (exact) mass is 514 g/mol. The van der Waals surface area contributed by atoms with Crippen LogP contribution in [0.25, 0.3) is 5.76 Å². The molecule has 2 aliphatic rings. The number of rotatable bonds is 7. The van der Waals surface area contributed by atoms with Crippen LogP contribution >= 0.6 is 0 Å². The summed E-state index contributed by atoms with van der Waals surface area (Å²) in [5, 5.41) is 11.5. The lowest BCUT2D eigenvalue weighted by atomic mass is 9.94. The van der Waals surface area contributed by atoms with Gasteiger partial charge in [-0.1, -0.05) is 24.3 Å². The van der Waals surface area contributed by atoms with E-state index in [1.165, 1.54) is 4.90 Å². The second-order valence-electron chi connectivity index (χ2n) is 9.32. The van der Waals surface area contributed by atoms with Crippen molar-refractivity contribution in [2.24, 2.45) is 0 Å². The van der Waals surface area contributed by atoms with Gasteiger partial charge in [0.15, 0.2) is 0 Å². The van der Waals surface area contributed by atoms with E-state index in [-0.39, 0.29) is 17.9 Å². The first kappa shape index (κ1) is 25.2. The fourth-order valence-corrected chi connectivity index (χ4v) is 4.96. The van der Waals surface area contributed by atoms with E-state index in [2.05, 4.69) is 0 Å². The van der Waals surface area contributed by atoms with Crippen LogP contribution in [0.4, 0.5) is 5.69 Å². The fourth-order valence-electron chi connectivity index (χ4n) is 4.96. The highest BCUT2D eigenvalue weighted by molar-refractivity contribution is 6.46. The normalized spacial score (nSPS) is 18.2. The van der Waals surface area contributed by atoms with Crippen LogP contribution in [0.15, 0.2) is 72.3 Å². The maximum absolute atomic E-state index is 13.4. The Bertz CT molecular complexity index is 1400. The minimum absolute atomic E-state index is 0.0531. The minimum atomic E-state index is -0.770. The molecule has 5 rings (SSSR count). The highest BCUT2D eigenvalue weighted by atomic mass is 16.5. The zero-order valence-electron chi connectivity index (χ0n) is 21.6. The van der Waals surface area contributed by atoms with Crippen LogP contribution < -0.4 is 19.1 Å². The van der Waals surface area contributed by atoms with E-state index >= 15 is 0 Å². The van der Waals surface area contributed by atoms with E-state index in [1.54, 1.807) is 44.6 Å². The number of methoxy groups -OCH3 is 2. The number of carbonyl (C=O) groups is 2. The summed E-state index contributed by atoms with van der Waals surface area (Å²) in [6.07, 6.45) is 0.526. The van der Waals surface area contributed by atoms with Crippen LogP contribution in [0, 0.1) is 0 Å². The second kappa shape index (κ2) is 10.5. The maximum Gasteiger partial charge on any atom is 0.295 e. The quantitative estimate of drug-likeness (QED) is 0.287. The summed E-state index contributed by atoms with van der Waals surface area (Å²) in [6, 6.07) is 19.3. The first-order valence-corrected chi connectivity index (χ1v) is 12.4. The molecule has 196 valence electrons. The SMILES string of the molecule is COc1ccc(CCN2C(=O)C(=O)/C(=C(\O)c3ccc4c(c3)N(C)CCO4)C2c2cccc(OC)c2)cc1. The zero-order chi connectivity index (χ0) is 26.8. The number of hydrogen-bond donors (Lipinski definition) is 1. The molecule has 2 aliphatic heterocycles. The maximum atomic E-state index is 13.4. The molecular formula is C30H30N2O6. The van der Waals surface area contributed by atoms with Crippen LogP contribution in [0.3, 0.4) is 0 Å². The molecule has 0 aliphatic carbocycles. The van der Waals surface area contributed by atoms with Gasteiger partial charge in [0.05, 0.1) is 38.1 Å². The number of ether oxygens (including phenoxy) is 3. The number of aliphatic hydroxyl groups excluding tert-OH is 1. The van der Waals surface area contributed by atoms with Gasteiger partial charge in [-0.2, -0.15) is 0 Å². The summed E-state index contributed by atoms with van der Waals surface area (Å²) in [7, 11) is 5.11. The van der Waals surface area contributed by atoms with Crippen LogP contribution in [0.5, 0.6) is 17.2 Å². The molecule has 1 atom stereocenters. The van der Waals surface area contributed by atoms with Crippen molar-refractivity contribution in [1.82, 2.24) is 4.90 Å². The smallest absolute Gasteiger partial charge is 0.295 e. The van der Waals surface area contributed by atoms with Crippen molar-refractivity contribution in [2.75, 3.05) is 45.9 Å². The Morgan fingerprint density at radius 2 is 1.76 bits per heavy atom. The van der Waals surface area contributed by atoms with Crippen LogP contribution in [-0.4, -0.2) is 62.7 Å². The van der Waals surface area contributed by atoms with Crippen LogP contribution in [0.2, 0.25) is 0 Å². The number of likely N-dealkylation sites (tertiary alicyclic amines) is 1. The van der Waals surface area contributed by atoms with E-state index in [0.29, 0.717) is 42.2 Å². The number of hydrogen-bond acceptors (Lipinski definition) is 7.